The van der Waals surface area contributed by atoms with Crippen LogP contribution in [-0.4, -0.2) is 5.16 Å². The lowest BCUT2D eigenvalue weighted by Gasteiger charge is -2.13. The zero-order chi connectivity index (χ0) is 14.7. The molecule has 0 saturated heterocycles. The lowest BCUT2D eigenvalue weighted by molar-refractivity contribution is 0.459. The number of para-hydroxylation sites is 1. The van der Waals surface area contributed by atoms with Crippen LogP contribution >= 0.6 is 12.4 Å². The minimum Gasteiger partial charge on any atom is -0.356 e. The van der Waals surface area contributed by atoms with Gasteiger partial charge in [0.15, 0.2) is 5.58 Å². The molecule has 0 bridgehead atoms. The molecule has 1 heterocycles. The van der Waals surface area contributed by atoms with E-state index in [2.05, 4.69) is 23.4 Å². The van der Waals surface area contributed by atoms with Gasteiger partial charge in [0.1, 0.15) is 5.69 Å². The maximum Gasteiger partial charge on any atom is 0.167 e. The summed E-state index contributed by atoms with van der Waals surface area (Å²) in [5.41, 5.74) is 10.1. The molecule has 1 unspecified atom stereocenters. The van der Waals surface area contributed by atoms with Crippen molar-refractivity contribution in [3.63, 3.8) is 0 Å². The summed E-state index contributed by atoms with van der Waals surface area (Å²) in [6.07, 6.45) is 4.92. The van der Waals surface area contributed by atoms with Crippen molar-refractivity contribution in [2.45, 2.75) is 19.4 Å². The van der Waals surface area contributed by atoms with Gasteiger partial charge in [0.05, 0.1) is 0 Å². The summed E-state index contributed by atoms with van der Waals surface area (Å²) in [6, 6.07) is 16.0. The van der Waals surface area contributed by atoms with E-state index < -0.39 is 0 Å². The number of allylic oxidation sites excluding steroid dienone is 1. The number of rotatable bonds is 4. The Hall–Kier alpha value is -2.10. The molecule has 0 radical (unpaired) electrons. The largest absolute Gasteiger partial charge is 0.356 e. The molecule has 3 nitrogen and oxygen atoms in total. The first kappa shape index (κ1) is 16.3. The van der Waals surface area contributed by atoms with Gasteiger partial charge in [0, 0.05) is 17.0 Å². The van der Waals surface area contributed by atoms with Crippen LogP contribution < -0.4 is 5.73 Å². The van der Waals surface area contributed by atoms with Gasteiger partial charge >= 0.3 is 0 Å². The SMILES string of the molecule is C/C=C/CC(N)c1ccccc1-c1noc2ccccc12.Cl. The second-order valence-electron chi connectivity index (χ2n) is 5.03. The van der Waals surface area contributed by atoms with E-state index in [0.717, 1.165) is 34.2 Å². The van der Waals surface area contributed by atoms with Crippen molar-refractivity contribution < 1.29 is 4.52 Å². The van der Waals surface area contributed by atoms with Crippen molar-refractivity contribution in [2.24, 2.45) is 5.73 Å². The van der Waals surface area contributed by atoms with Crippen molar-refractivity contribution in [1.82, 2.24) is 5.16 Å². The summed E-state index contributed by atoms with van der Waals surface area (Å²) in [5.74, 6) is 0. The third-order valence-corrected chi connectivity index (χ3v) is 3.62. The minimum atomic E-state index is -0.0483. The molecule has 3 rings (SSSR count). The zero-order valence-electron chi connectivity index (χ0n) is 12.4. The van der Waals surface area contributed by atoms with Gasteiger partial charge in [-0.3, -0.25) is 0 Å². The smallest absolute Gasteiger partial charge is 0.167 e. The second kappa shape index (κ2) is 7.25. The van der Waals surface area contributed by atoms with Gasteiger partial charge < -0.3 is 10.3 Å². The molecular formula is C18H19ClN2O. The van der Waals surface area contributed by atoms with Crippen LogP contribution in [0.1, 0.15) is 24.9 Å². The van der Waals surface area contributed by atoms with E-state index in [4.69, 9.17) is 10.3 Å². The van der Waals surface area contributed by atoms with Crippen LogP contribution in [0, 0.1) is 0 Å². The predicted octanol–water partition coefficient (Wildman–Crippen LogP) is 4.88. The highest BCUT2D eigenvalue weighted by Crippen LogP contribution is 2.33. The van der Waals surface area contributed by atoms with Crippen LogP contribution in [0.3, 0.4) is 0 Å². The van der Waals surface area contributed by atoms with Crippen molar-refractivity contribution in [3.05, 3.63) is 66.2 Å². The summed E-state index contributed by atoms with van der Waals surface area (Å²) < 4.78 is 5.41. The van der Waals surface area contributed by atoms with E-state index in [0.29, 0.717) is 0 Å². The summed E-state index contributed by atoms with van der Waals surface area (Å²) in [5, 5.41) is 5.26. The number of nitrogens with zero attached hydrogens (tertiary/aromatic N) is 1. The molecule has 4 heteroatoms. The molecule has 0 aliphatic carbocycles. The Bertz CT molecular complexity index is 779. The Morgan fingerprint density at radius 1 is 1.14 bits per heavy atom. The maximum absolute atomic E-state index is 6.32. The molecule has 0 fully saturated rings. The highest BCUT2D eigenvalue weighted by Gasteiger charge is 2.16. The van der Waals surface area contributed by atoms with Gasteiger partial charge in [-0.2, -0.15) is 0 Å². The highest BCUT2D eigenvalue weighted by molar-refractivity contribution is 5.92. The number of benzene rings is 2. The molecule has 0 saturated carbocycles. The summed E-state index contributed by atoms with van der Waals surface area (Å²) in [6.45, 7) is 2.00. The average molecular weight is 315 g/mol. The normalized spacial score (nSPS) is 12.5. The molecular weight excluding hydrogens is 296 g/mol. The standard InChI is InChI=1S/C18H18N2O.ClH/c1-2-3-11-16(19)13-8-4-5-9-14(13)18-15-10-6-7-12-17(15)21-20-18;/h2-10,12,16H,11,19H2,1H3;1H/b3-2+;. The number of aromatic nitrogens is 1. The highest BCUT2D eigenvalue weighted by atomic mass is 35.5. The van der Waals surface area contributed by atoms with Gasteiger partial charge in [0.2, 0.25) is 0 Å². The molecule has 0 aliphatic heterocycles. The van der Waals surface area contributed by atoms with Gasteiger partial charge in [-0.1, -0.05) is 53.7 Å². The monoisotopic (exact) mass is 314 g/mol. The van der Waals surface area contributed by atoms with Gasteiger partial charge in [-0.25, -0.2) is 0 Å². The van der Waals surface area contributed by atoms with E-state index in [1.165, 1.54) is 0 Å². The summed E-state index contributed by atoms with van der Waals surface area (Å²) >= 11 is 0. The number of nitrogens with two attached hydrogens (primary N) is 1. The topological polar surface area (TPSA) is 52.0 Å². The van der Waals surface area contributed by atoms with Crippen molar-refractivity contribution in [1.29, 1.82) is 0 Å². The predicted molar refractivity (Wildman–Crippen MR) is 93.1 cm³/mol. The first-order valence-electron chi connectivity index (χ1n) is 7.11. The minimum absolute atomic E-state index is 0. The third-order valence-electron chi connectivity index (χ3n) is 3.62. The summed E-state index contributed by atoms with van der Waals surface area (Å²) in [4.78, 5) is 0. The van der Waals surface area contributed by atoms with E-state index in [-0.39, 0.29) is 18.4 Å². The lowest BCUT2D eigenvalue weighted by atomic mass is 9.95. The van der Waals surface area contributed by atoms with Crippen molar-refractivity contribution in [3.8, 4) is 11.3 Å². The first-order chi connectivity index (χ1) is 10.3. The Labute approximate surface area is 136 Å². The van der Waals surface area contributed by atoms with Crippen LogP contribution in [0.25, 0.3) is 22.2 Å². The Morgan fingerprint density at radius 3 is 2.68 bits per heavy atom. The van der Waals surface area contributed by atoms with E-state index >= 15 is 0 Å². The van der Waals surface area contributed by atoms with Crippen LogP contribution in [0.4, 0.5) is 0 Å². The van der Waals surface area contributed by atoms with Gasteiger partial charge in [-0.15, -0.1) is 12.4 Å². The van der Waals surface area contributed by atoms with Crippen molar-refractivity contribution >= 4 is 23.4 Å². The first-order valence-corrected chi connectivity index (χ1v) is 7.11. The van der Waals surface area contributed by atoms with Crippen LogP contribution in [0.15, 0.2) is 65.2 Å². The fourth-order valence-corrected chi connectivity index (χ4v) is 2.53. The number of hydrogen-bond donors (Lipinski definition) is 1. The maximum atomic E-state index is 6.32. The van der Waals surface area contributed by atoms with Crippen LogP contribution in [0.2, 0.25) is 0 Å². The molecule has 114 valence electrons. The van der Waals surface area contributed by atoms with E-state index in [1.807, 2.05) is 49.4 Å². The molecule has 22 heavy (non-hydrogen) atoms. The number of hydrogen-bond acceptors (Lipinski definition) is 3. The Balaban J connectivity index is 0.00000176. The molecule has 2 aromatic carbocycles. The van der Waals surface area contributed by atoms with Gasteiger partial charge in [-0.05, 0) is 31.0 Å². The van der Waals surface area contributed by atoms with Crippen LogP contribution in [-0.2, 0) is 0 Å². The second-order valence-corrected chi connectivity index (χ2v) is 5.03. The van der Waals surface area contributed by atoms with Crippen LogP contribution in [0.5, 0.6) is 0 Å². The quantitative estimate of drug-likeness (QED) is 0.698. The molecule has 1 atom stereocenters. The average Bonchev–Trinajstić information content (AvgIpc) is 2.96. The fraction of sp³-hybridized carbons (Fsp3) is 0.167. The fourth-order valence-electron chi connectivity index (χ4n) is 2.53. The molecule has 0 aliphatic rings. The Kier molecular flexibility index (Phi) is 5.36. The molecule has 3 aromatic rings. The molecule has 1 aromatic heterocycles. The Morgan fingerprint density at radius 2 is 1.86 bits per heavy atom. The number of halogens is 1. The number of fused-ring (bicyclic) bond motifs is 1. The zero-order valence-corrected chi connectivity index (χ0v) is 13.2. The summed E-state index contributed by atoms with van der Waals surface area (Å²) in [7, 11) is 0. The van der Waals surface area contributed by atoms with E-state index in [9.17, 15) is 0 Å². The molecule has 2 N–H and O–H groups in total. The third kappa shape index (κ3) is 3.06. The van der Waals surface area contributed by atoms with E-state index in [1.54, 1.807) is 0 Å². The van der Waals surface area contributed by atoms with Gasteiger partial charge in [0.25, 0.3) is 0 Å². The lowest BCUT2D eigenvalue weighted by Crippen LogP contribution is -2.10. The van der Waals surface area contributed by atoms with Crippen molar-refractivity contribution in [2.75, 3.05) is 0 Å². The molecule has 0 spiro atoms. The molecule has 0 amide bonds.